The maximum Gasteiger partial charge on any atom is 0.407 e. The average Bonchev–Trinajstić information content (AvgIpc) is 3.10. The predicted octanol–water partition coefficient (Wildman–Crippen LogP) is 4.44. The molecule has 8 heteroatoms. The monoisotopic (exact) mass is 451 g/mol. The second-order valence-corrected chi connectivity index (χ2v) is 9.98. The third kappa shape index (κ3) is 4.95. The zero-order chi connectivity index (χ0) is 23.8. The molecule has 3 aromatic rings. The van der Waals surface area contributed by atoms with Crippen LogP contribution in [-0.2, 0) is 6.54 Å². The highest BCUT2D eigenvalue weighted by Crippen LogP contribution is 2.34. The van der Waals surface area contributed by atoms with E-state index in [0.717, 1.165) is 16.7 Å². The van der Waals surface area contributed by atoms with E-state index in [1.165, 1.54) is 0 Å². The van der Waals surface area contributed by atoms with Gasteiger partial charge in [0, 0.05) is 24.3 Å². The topological polar surface area (TPSA) is 104 Å². The fraction of sp³-hybridized carbons (Fsp3) is 0.480. The van der Waals surface area contributed by atoms with Crippen LogP contribution in [0.1, 0.15) is 51.1 Å². The Morgan fingerprint density at radius 2 is 1.94 bits per heavy atom. The number of pyridine rings is 1. The van der Waals surface area contributed by atoms with E-state index < -0.39 is 12.2 Å². The summed E-state index contributed by atoms with van der Waals surface area (Å²) in [5, 5.41) is 24.2. The van der Waals surface area contributed by atoms with Crippen LogP contribution >= 0.6 is 0 Å². The van der Waals surface area contributed by atoms with Gasteiger partial charge in [-0.25, -0.2) is 9.78 Å². The third-order valence-electron chi connectivity index (χ3n) is 6.44. The maximum absolute atomic E-state index is 11.8. The van der Waals surface area contributed by atoms with Crippen LogP contribution in [0.2, 0.25) is 0 Å². The Balaban J connectivity index is 1.61. The van der Waals surface area contributed by atoms with E-state index in [0.29, 0.717) is 37.6 Å². The Kier molecular flexibility index (Phi) is 6.30. The SMILES string of the molecule is Cc1cccc(C(O)Cn2c(NC3CCN(C(=O)O)C(C(C)(C)C)C3)nc3ccccc32)n1. The molecular weight excluding hydrogens is 418 g/mol. The minimum absolute atomic E-state index is 0.0784. The average molecular weight is 452 g/mol. The van der Waals surface area contributed by atoms with Gasteiger partial charge in [-0.05, 0) is 49.4 Å². The number of aryl methyl sites for hydroxylation is 1. The number of para-hydroxylation sites is 2. The molecule has 1 fully saturated rings. The lowest BCUT2D eigenvalue weighted by atomic mass is 9.79. The molecule has 0 aliphatic carbocycles. The molecule has 1 saturated heterocycles. The number of likely N-dealkylation sites (tertiary alicyclic amines) is 1. The number of aliphatic hydroxyl groups excluding tert-OH is 1. The standard InChI is InChI=1S/C25H33N5O3/c1-16-8-7-10-19(26-16)21(31)15-30-20-11-6-5-9-18(20)28-23(30)27-17-12-13-29(24(32)33)22(14-17)25(2,3)4/h5-11,17,21-22,31H,12-15H2,1-4H3,(H,27,28)(H,32,33). The van der Waals surface area contributed by atoms with E-state index in [-0.39, 0.29) is 17.5 Å². The van der Waals surface area contributed by atoms with Gasteiger partial charge in [0.1, 0.15) is 6.10 Å². The number of hydrogen-bond donors (Lipinski definition) is 3. The third-order valence-corrected chi connectivity index (χ3v) is 6.44. The van der Waals surface area contributed by atoms with Crippen LogP contribution in [0.3, 0.4) is 0 Å². The van der Waals surface area contributed by atoms with Crippen LogP contribution in [-0.4, -0.2) is 54.4 Å². The number of anilines is 1. The van der Waals surface area contributed by atoms with Crippen molar-refractivity contribution in [2.24, 2.45) is 5.41 Å². The summed E-state index contributed by atoms with van der Waals surface area (Å²) in [7, 11) is 0. The Hall–Kier alpha value is -3.13. The zero-order valence-corrected chi connectivity index (χ0v) is 19.7. The largest absolute Gasteiger partial charge is 0.465 e. The molecule has 3 N–H and O–H groups in total. The summed E-state index contributed by atoms with van der Waals surface area (Å²) < 4.78 is 2.00. The zero-order valence-electron chi connectivity index (χ0n) is 19.7. The van der Waals surface area contributed by atoms with Crippen molar-refractivity contribution in [2.75, 3.05) is 11.9 Å². The number of piperidine rings is 1. The fourth-order valence-electron chi connectivity index (χ4n) is 4.72. The second-order valence-electron chi connectivity index (χ2n) is 9.98. The van der Waals surface area contributed by atoms with E-state index in [1.807, 2.05) is 54.0 Å². The molecule has 3 atom stereocenters. The number of rotatable bonds is 5. The highest BCUT2D eigenvalue weighted by molar-refractivity contribution is 5.78. The van der Waals surface area contributed by atoms with Crippen molar-refractivity contribution in [1.29, 1.82) is 0 Å². The molecule has 0 spiro atoms. The summed E-state index contributed by atoms with van der Waals surface area (Å²) in [4.78, 5) is 22.6. The number of nitrogens with zero attached hydrogens (tertiary/aromatic N) is 4. The van der Waals surface area contributed by atoms with E-state index in [4.69, 9.17) is 4.98 Å². The van der Waals surface area contributed by atoms with E-state index >= 15 is 0 Å². The fourth-order valence-corrected chi connectivity index (χ4v) is 4.72. The van der Waals surface area contributed by atoms with E-state index in [2.05, 4.69) is 31.1 Å². The smallest absolute Gasteiger partial charge is 0.407 e. The van der Waals surface area contributed by atoms with Crippen LogP contribution in [0.25, 0.3) is 11.0 Å². The van der Waals surface area contributed by atoms with Gasteiger partial charge in [-0.2, -0.15) is 0 Å². The Bertz CT molecular complexity index is 1140. The summed E-state index contributed by atoms with van der Waals surface area (Å²) in [5.41, 5.74) is 3.09. The molecule has 1 amide bonds. The van der Waals surface area contributed by atoms with Gasteiger partial charge in [-0.3, -0.25) is 4.98 Å². The first kappa shape index (κ1) is 23.0. The first-order valence-electron chi connectivity index (χ1n) is 11.5. The van der Waals surface area contributed by atoms with Crippen molar-refractivity contribution in [1.82, 2.24) is 19.4 Å². The molecule has 1 aliphatic heterocycles. The van der Waals surface area contributed by atoms with Gasteiger partial charge in [0.05, 0.1) is 23.3 Å². The summed E-state index contributed by atoms with van der Waals surface area (Å²) in [6.07, 6.45) is -0.251. The van der Waals surface area contributed by atoms with Crippen molar-refractivity contribution >= 4 is 23.1 Å². The molecule has 33 heavy (non-hydrogen) atoms. The van der Waals surface area contributed by atoms with Crippen LogP contribution < -0.4 is 5.32 Å². The lowest BCUT2D eigenvalue weighted by Crippen LogP contribution is -2.54. The van der Waals surface area contributed by atoms with E-state index in [9.17, 15) is 15.0 Å². The molecule has 1 aromatic carbocycles. The Morgan fingerprint density at radius 3 is 2.64 bits per heavy atom. The van der Waals surface area contributed by atoms with E-state index in [1.54, 1.807) is 4.90 Å². The van der Waals surface area contributed by atoms with Crippen LogP contribution in [0.4, 0.5) is 10.7 Å². The van der Waals surface area contributed by atoms with Gasteiger partial charge in [0.15, 0.2) is 0 Å². The molecule has 176 valence electrons. The normalized spacial score (nSPS) is 20.1. The highest BCUT2D eigenvalue weighted by Gasteiger charge is 2.39. The van der Waals surface area contributed by atoms with Gasteiger partial charge in [-0.15, -0.1) is 0 Å². The predicted molar refractivity (Wildman–Crippen MR) is 128 cm³/mol. The minimum atomic E-state index is -0.866. The van der Waals surface area contributed by atoms with Gasteiger partial charge >= 0.3 is 6.09 Å². The summed E-state index contributed by atoms with van der Waals surface area (Å²) in [6, 6.07) is 13.5. The highest BCUT2D eigenvalue weighted by atomic mass is 16.4. The number of imidazole rings is 1. The summed E-state index contributed by atoms with van der Waals surface area (Å²) in [5.74, 6) is 0.685. The number of aliphatic hydroxyl groups is 1. The van der Waals surface area contributed by atoms with Crippen molar-refractivity contribution < 1.29 is 15.0 Å². The first-order chi connectivity index (χ1) is 15.6. The maximum atomic E-state index is 11.8. The molecule has 3 heterocycles. The van der Waals surface area contributed by atoms with Gasteiger partial charge in [0.25, 0.3) is 0 Å². The molecule has 0 radical (unpaired) electrons. The molecule has 0 bridgehead atoms. The van der Waals surface area contributed by atoms with Crippen LogP contribution in [0.15, 0.2) is 42.5 Å². The lowest BCUT2D eigenvalue weighted by molar-refractivity contribution is 0.0556. The van der Waals surface area contributed by atoms with Gasteiger partial charge in [0.2, 0.25) is 5.95 Å². The molecule has 2 aromatic heterocycles. The molecule has 1 aliphatic rings. The number of amides is 1. The van der Waals surface area contributed by atoms with Crippen molar-refractivity contribution in [2.45, 2.75) is 65.3 Å². The molecular formula is C25H33N5O3. The number of nitrogens with one attached hydrogen (secondary N) is 1. The Labute approximate surface area is 194 Å². The van der Waals surface area contributed by atoms with Crippen molar-refractivity contribution in [3.05, 3.63) is 53.9 Å². The molecule has 4 rings (SSSR count). The number of aromatic nitrogens is 3. The van der Waals surface area contributed by atoms with Crippen LogP contribution in [0, 0.1) is 12.3 Å². The summed E-state index contributed by atoms with van der Waals surface area (Å²) in [6.45, 7) is 8.94. The quantitative estimate of drug-likeness (QED) is 0.530. The first-order valence-corrected chi connectivity index (χ1v) is 11.5. The number of fused-ring (bicyclic) bond motifs is 1. The number of carboxylic acid groups (broad SMARTS) is 1. The lowest BCUT2D eigenvalue weighted by Gasteiger charge is -2.44. The van der Waals surface area contributed by atoms with Crippen LogP contribution in [0.5, 0.6) is 0 Å². The molecule has 0 saturated carbocycles. The molecule has 3 unspecified atom stereocenters. The Morgan fingerprint density at radius 1 is 1.18 bits per heavy atom. The summed E-state index contributed by atoms with van der Waals surface area (Å²) >= 11 is 0. The van der Waals surface area contributed by atoms with Gasteiger partial charge < -0.3 is 25.0 Å². The molecule has 8 nitrogen and oxygen atoms in total. The van der Waals surface area contributed by atoms with Gasteiger partial charge in [-0.1, -0.05) is 39.0 Å². The minimum Gasteiger partial charge on any atom is -0.465 e. The second kappa shape index (κ2) is 9.02. The number of benzene rings is 1. The van der Waals surface area contributed by atoms with Crippen molar-refractivity contribution in [3.63, 3.8) is 0 Å². The number of hydrogen-bond acceptors (Lipinski definition) is 5. The van der Waals surface area contributed by atoms with Crippen molar-refractivity contribution in [3.8, 4) is 0 Å². The number of carbonyl (C=O) groups is 1.